The van der Waals surface area contributed by atoms with Gasteiger partial charge in [-0.25, -0.2) is 22.2 Å². The second-order valence-corrected chi connectivity index (χ2v) is 9.45. The number of nitrogens with zero attached hydrogens (tertiary/aromatic N) is 3. The number of hydrogen-bond donors (Lipinski definition) is 2. The van der Waals surface area contributed by atoms with Gasteiger partial charge in [-0.2, -0.15) is 5.10 Å². The molecule has 11 heteroatoms. The molecule has 4 rings (SSSR count). The maximum absolute atomic E-state index is 15.2. The minimum absolute atomic E-state index is 0.00651. The Morgan fingerprint density at radius 3 is 2.70 bits per heavy atom. The third kappa shape index (κ3) is 4.49. The van der Waals surface area contributed by atoms with Crippen LogP contribution >= 0.6 is 0 Å². The largest absolute Gasteiger partial charge is 0.345 e. The van der Waals surface area contributed by atoms with Crippen molar-refractivity contribution < 1.29 is 22.0 Å². The minimum atomic E-state index is -3.85. The number of hydrogen-bond acceptors (Lipinski definition) is 5. The van der Waals surface area contributed by atoms with Crippen LogP contribution in [0.2, 0.25) is 0 Å². The van der Waals surface area contributed by atoms with Crippen LogP contribution in [0.25, 0.3) is 22.2 Å². The average Bonchev–Trinajstić information content (AvgIpc) is 3.40. The van der Waals surface area contributed by atoms with Crippen molar-refractivity contribution in [3.63, 3.8) is 0 Å². The van der Waals surface area contributed by atoms with E-state index >= 15 is 4.39 Å². The highest BCUT2D eigenvalue weighted by molar-refractivity contribution is 7.92. The smallest absolute Gasteiger partial charge is 0.232 e. The molecule has 0 radical (unpaired) electrons. The number of sulfonamides is 1. The van der Waals surface area contributed by atoms with Gasteiger partial charge in [0.2, 0.25) is 15.8 Å². The van der Waals surface area contributed by atoms with Gasteiger partial charge in [-0.05, 0) is 24.6 Å². The molecule has 0 aliphatic rings. The predicted molar refractivity (Wildman–Crippen MR) is 120 cm³/mol. The lowest BCUT2D eigenvalue weighted by molar-refractivity contribution is 0.103. The van der Waals surface area contributed by atoms with E-state index in [1.54, 1.807) is 36.4 Å². The number of pyridine rings is 1. The molecule has 0 aliphatic heterocycles. The van der Waals surface area contributed by atoms with Crippen molar-refractivity contribution in [1.82, 2.24) is 19.7 Å². The second kappa shape index (κ2) is 8.74. The van der Waals surface area contributed by atoms with E-state index in [9.17, 15) is 17.6 Å². The summed E-state index contributed by atoms with van der Waals surface area (Å²) in [6.07, 6.45) is 7.33. The first-order valence-electron chi connectivity index (χ1n) is 10.2. The summed E-state index contributed by atoms with van der Waals surface area (Å²) in [6.45, 7) is 1.82. The van der Waals surface area contributed by atoms with Crippen LogP contribution in [0, 0.1) is 11.6 Å². The summed E-state index contributed by atoms with van der Waals surface area (Å²) in [4.78, 5) is 20.3. The highest BCUT2D eigenvalue weighted by atomic mass is 32.2. The molecule has 0 atom stereocenters. The fourth-order valence-electron chi connectivity index (χ4n) is 3.45. The standard InChI is InChI=1S/C22H21F2N5O3S/c1-3-4-7-33(31,32)28-18-6-5-17(23)19(20(18)24)21(30)16-11-26-22-15(16)8-13(9-25-22)14-10-27-29(2)12-14/h5-6,8-12,28H,3-4,7H2,1-2H3,(H,25,26). The number of aromatic nitrogens is 4. The number of anilines is 1. The Balaban J connectivity index is 1.75. The Morgan fingerprint density at radius 2 is 2.00 bits per heavy atom. The van der Waals surface area contributed by atoms with E-state index in [0.29, 0.717) is 29.4 Å². The molecule has 0 saturated heterocycles. The Labute approximate surface area is 188 Å². The van der Waals surface area contributed by atoms with Crippen molar-refractivity contribution in [1.29, 1.82) is 0 Å². The number of aryl methyl sites for hydroxylation is 1. The van der Waals surface area contributed by atoms with Crippen molar-refractivity contribution in [3.05, 3.63) is 65.7 Å². The Bertz CT molecular complexity index is 1460. The Morgan fingerprint density at radius 1 is 1.21 bits per heavy atom. The van der Waals surface area contributed by atoms with Crippen LogP contribution in [0.1, 0.15) is 35.7 Å². The number of ketones is 1. The van der Waals surface area contributed by atoms with Crippen LogP contribution in [0.4, 0.5) is 14.5 Å². The SMILES string of the molecule is CCCCS(=O)(=O)Nc1ccc(F)c(C(=O)c2c[nH]c3ncc(-c4cnn(C)c4)cc23)c1F. The van der Waals surface area contributed by atoms with Crippen molar-refractivity contribution in [2.24, 2.45) is 7.05 Å². The van der Waals surface area contributed by atoms with Crippen molar-refractivity contribution in [3.8, 4) is 11.1 Å². The normalized spacial score (nSPS) is 11.8. The third-order valence-electron chi connectivity index (χ3n) is 5.16. The number of benzene rings is 1. The molecule has 0 amide bonds. The fraction of sp³-hybridized carbons (Fsp3) is 0.227. The number of unbranched alkanes of at least 4 members (excludes halogenated alkanes) is 1. The zero-order valence-corrected chi connectivity index (χ0v) is 18.7. The van der Waals surface area contributed by atoms with Gasteiger partial charge >= 0.3 is 0 Å². The van der Waals surface area contributed by atoms with Crippen LogP contribution < -0.4 is 4.72 Å². The Kier molecular flexibility index (Phi) is 5.98. The molecular weight excluding hydrogens is 452 g/mol. The number of aromatic amines is 1. The lowest BCUT2D eigenvalue weighted by Crippen LogP contribution is -2.19. The van der Waals surface area contributed by atoms with Crippen LogP contribution in [-0.2, 0) is 17.1 Å². The lowest BCUT2D eigenvalue weighted by Gasteiger charge is -2.11. The van der Waals surface area contributed by atoms with E-state index in [-0.39, 0.29) is 11.3 Å². The summed E-state index contributed by atoms with van der Waals surface area (Å²) in [5, 5.41) is 4.47. The maximum Gasteiger partial charge on any atom is 0.232 e. The first-order chi connectivity index (χ1) is 15.7. The summed E-state index contributed by atoms with van der Waals surface area (Å²) < 4.78 is 57.8. The number of H-pyrrole nitrogens is 1. The zero-order valence-electron chi connectivity index (χ0n) is 17.9. The van der Waals surface area contributed by atoms with E-state index < -0.39 is 38.7 Å². The lowest BCUT2D eigenvalue weighted by atomic mass is 10.0. The molecule has 172 valence electrons. The number of carbonyl (C=O) groups is 1. The number of carbonyl (C=O) groups excluding carboxylic acids is 1. The monoisotopic (exact) mass is 473 g/mol. The average molecular weight is 474 g/mol. The van der Waals surface area contributed by atoms with Gasteiger partial charge in [-0.1, -0.05) is 13.3 Å². The van der Waals surface area contributed by atoms with E-state index in [0.717, 1.165) is 17.7 Å². The number of rotatable bonds is 8. The van der Waals surface area contributed by atoms with Crippen LogP contribution in [0.15, 0.2) is 43.0 Å². The molecule has 0 spiro atoms. The molecule has 2 N–H and O–H groups in total. The molecule has 4 aromatic rings. The summed E-state index contributed by atoms with van der Waals surface area (Å²) in [5.74, 6) is -3.52. The number of fused-ring (bicyclic) bond motifs is 1. The van der Waals surface area contributed by atoms with Gasteiger partial charge in [0.25, 0.3) is 0 Å². The van der Waals surface area contributed by atoms with E-state index in [2.05, 4.69) is 19.8 Å². The first kappa shape index (κ1) is 22.6. The van der Waals surface area contributed by atoms with E-state index in [1.807, 2.05) is 6.92 Å². The minimum Gasteiger partial charge on any atom is -0.345 e. The van der Waals surface area contributed by atoms with E-state index in [4.69, 9.17) is 0 Å². The maximum atomic E-state index is 15.2. The summed E-state index contributed by atoms with van der Waals surface area (Å²) >= 11 is 0. The highest BCUT2D eigenvalue weighted by Gasteiger charge is 2.26. The predicted octanol–water partition coefficient (Wildman–Crippen LogP) is 4.01. The number of halogens is 2. The van der Waals surface area contributed by atoms with Crippen LogP contribution in [0.3, 0.4) is 0 Å². The molecule has 1 aromatic carbocycles. The molecule has 33 heavy (non-hydrogen) atoms. The van der Waals surface area contributed by atoms with Gasteiger partial charge in [0.1, 0.15) is 11.5 Å². The molecule has 8 nitrogen and oxygen atoms in total. The van der Waals surface area contributed by atoms with Crippen molar-refractivity contribution >= 4 is 32.5 Å². The molecule has 3 aromatic heterocycles. The van der Waals surface area contributed by atoms with Gasteiger partial charge in [-0.15, -0.1) is 0 Å². The molecule has 3 heterocycles. The Hall–Kier alpha value is -3.60. The topological polar surface area (TPSA) is 110 Å². The fourth-order valence-corrected chi connectivity index (χ4v) is 4.71. The van der Waals surface area contributed by atoms with Gasteiger partial charge in [0.15, 0.2) is 5.82 Å². The highest BCUT2D eigenvalue weighted by Crippen LogP contribution is 2.29. The first-order valence-corrected chi connectivity index (χ1v) is 11.8. The van der Waals surface area contributed by atoms with Gasteiger partial charge in [-0.3, -0.25) is 14.2 Å². The second-order valence-electron chi connectivity index (χ2n) is 7.61. The molecule has 0 unspecified atom stereocenters. The summed E-state index contributed by atoms with van der Waals surface area (Å²) in [5.41, 5.74) is 0.466. The molecular formula is C22H21F2N5O3S. The van der Waals surface area contributed by atoms with Gasteiger partial charge < -0.3 is 4.98 Å². The molecule has 0 saturated carbocycles. The third-order valence-corrected chi connectivity index (χ3v) is 6.52. The molecule has 0 fully saturated rings. The van der Waals surface area contributed by atoms with Gasteiger partial charge in [0.05, 0.1) is 23.2 Å². The molecule has 0 bridgehead atoms. The quantitative estimate of drug-likeness (QED) is 0.376. The zero-order chi connectivity index (χ0) is 23.8. The summed E-state index contributed by atoms with van der Waals surface area (Å²) in [7, 11) is -2.09. The molecule has 0 aliphatic carbocycles. The van der Waals surface area contributed by atoms with Gasteiger partial charge in [0, 0.05) is 47.7 Å². The van der Waals surface area contributed by atoms with Crippen LogP contribution in [-0.4, -0.2) is 39.7 Å². The van der Waals surface area contributed by atoms with Crippen molar-refractivity contribution in [2.45, 2.75) is 19.8 Å². The van der Waals surface area contributed by atoms with Crippen LogP contribution in [0.5, 0.6) is 0 Å². The summed E-state index contributed by atoms with van der Waals surface area (Å²) in [6, 6.07) is 3.50. The number of nitrogens with one attached hydrogen (secondary N) is 2. The van der Waals surface area contributed by atoms with E-state index in [1.165, 1.54) is 6.20 Å². The van der Waals surface area contributed by atoms with Crippen molar-refractivity contribution in [2.75, 3.05) is 10.5 Å².